The number of alkyl halides is 3. The molecule has 1 amide bonds. The largest absolute Gasteiger partial charge is 0.420 e. The predicted octanol–water partition coefficient (Wildman–Crippen LogP) is 5.98. The van der Waals surface area contributed by atoms with Crippen LogP contribution < -0.4 is 15.5 Å². The van der Waals surface area contributed by atoms with Crippen molar-refractivity contribution in [2.24, 2.45) is 0 Å². The molecule has 1 saturated carbocycles. The lowest BCUT2D eigenvalue weighted by Gasteiger charge is -2.39. The van der Waals surface area contributed by atoms with Crippen molar-refractivity contribution in [3.63, 3.8) is 0 Å². The molecule has 2 aromatic heterocycles. The Hall–Kier alpha value is -2.87. The molecule has 43 heavy (non-hydrogen) atoms. The van der Waals surface area contributed by atoms with Crippen molar-refractivity contribution in [1.82, 2.24) is 20.2 Å². The second-order valence-electron chi connectivity index (χ2n) is 11.8. The van der Waals surface area contributed by atoms with Gasteiger partial charge in [0, 0.05) is 59.9 Å². The summed E-state index contributed by atoms with van der Waals surface area (Å²) in [7, 11) is 0. The second-order valence-corrected chi connectivity index (χ2v) is 14.0. The zero-order valence-corrected chi connectivity index (χ0v) is 25.5. The highest BCUT2D eigenvalue weighted by Crippen LogP contribution is 2.47. The molecule has 1 aliphatic carbocycles. The van der Waals surface area contributed by atoms with E-state index in [4.69, 9.17) is 4.74 Å². The van der Waals surface area contributed by atoms with Gasteiger partial charge in [-0.25, -0.2) is 9.97 Å². The van der Waals surface area contributed by atoms with E-state index < -0.39 is 11.7 Å². The molecular weight excluding hydrogens is 597 g/mol. The summed E-state index contributed by atoms with van der Waals surface area (Å²) in [4.78, 5) is 27.5. The average Bonchev–Trinajstić information content (AvgIpc) is 3.73. The lowest BCUT2D eigenvalue weighted by Crippen LogP contribution is -2.54. The summed E-state index contributed by atoms with van der Waals surface area (Å²) in [5.41, 5.74) is 1.94. The third-order valence-electron chi connectivity index (χ3n) is 8.53. The van der Waals surface area contributed by atoms with Crippen LogP contribution in [0.4, 0.5) is 30.5 Å². The number of thiophene rings is 1. The number of aromatic nitrogens is 2. The molecule has 2 N–H and O–H groups in total. The van der Waals surface area contributed by atoms with Gasteiger partial charge in [-0.3, -0.25) is 4.79 Å². The standard InChI is InChI=1S/C30H33F3N6O2S2/c1-16-13-39(17(2)11-34-16)19-5-6-23(21(9-19)18-3-4-18)36-29-35-12-22(30(31,32)33)26(37-29)24-10-25-27(43-24)28(40)38(7-8-42-25)20-14-41-15-20/h5-6,9-10,12,16-18,20,34H,3-4,7-8,11,13-15H2,1-2H3,(H,35,36,37). The van der Waals surface area contributed by atoms with Crippen LogP contribution in [0.5, 0.6) is 0 Å². The maximum Gasteiger partial charge on any atom is 0.420 e. The van der Waals surface area contributed by atoms with Crippen LogP contribution >= 0.6 is 23.1 Å². The lowest BCUT2D eigenvalue weighted by molar-refractivity contribution is -0.137. The van der Waals surface area contributed by atoms with Gasteiger partial charge in [-0.1, -0.05) is 0 Å². The minimum absolute atomic E-state index is 0.00966. The summed E-state index contributed by atoms with van der Waals surface area (Å²) in [6.07, 6.45) is -1.67. The Labute approximate surface area is 256 Å². The van der Waals surface area contributed by atoms with Crippen LogP contribution in [0.1, 0.15) is 53.4 Å². The first kappa shape index (κ1) is 28.9. The summed E-state index contributed by atoms with van der Waals surface area (Å²) in [6.45, 7) is 7.75. The Kier molecular flexibility index (Phi) is 7.55. The van der Waals surface area contributed by atoms with Crippen LogP contribution in [0.25, 0.3) is 10.6 Å². The number of piperazine rings is 1. The van der Waals surface area contributed by atoms with E-state index in [0.717, 1.165) is 60.4 Å². The van der Waals surface area contributed by atoms with Gasteiger partial charge in [0.25, 0.3) is 5.91 Å². The number of carbonyl (C=O) groups is 1. The molecule has 8 nitrogen and oxygen atoms in total. The summed E-state index contributed by atoms with van der Waals surface area (Å²) in [5, 5.41) is 6.76. The van der Waals surface area contributed by atoms with E-state index in [-0.39, 0.29) is 23.6 Å². The summed E-state index contributed by atoms with van der Waals surface area (Å²) >= 11 is 2.55. The molecule has 0 bridgehead atoms. The number of carbonyl (C=O) groups excluding carboxylic acids is 1. The molecule has 3 aromatic rings. The zero-order chi connectivity index (χ0) is 29.9. The van der Waals surface area contributed by atoms with Crippen LogP contribution in [-0.4, -0.2) is 77.5 Å². The third kappa shape index (κ3) is 5.72. The van der Waals surface area contributed by atoms with Gasteiger partial charge in [-0.15, -0.1) is 23.1 Å². The Balaban J connectivity index is 1.22. The average molecular weight is 631 g/mol. The highest BCUT2D eigenvalue weighted by molar-refractivity contribution is 7.99. The smallest absolute Gasteiger partial charge is 0.377 e. The molecule has 2 saturated heterocycles. The molecule has 2 atom stereocenters. The van der Waals surface area contributed by atoms with E-state index >= 15 is 0 Å². The van der Waals surface area contributed by atoms with Crippen LogP contribution in [0.15, 0.2) is 35.4 Å². The molecule has 7 rings (SSSR count). The zero-order valence-electron chi connectivity index (χ0n) is 23.9. The molecule has 1 aromatic carbocycles. The van der Waals surface area contributed by atoms with Crippen LogP contribution in [0.2, 0.25) is 0 Å². The number of amides is 1. The normalized spacial score (nSPS) is 23.1. The van der Waals surface area contributed by atoms with Crippen molar-refractivity contribution >= 4 is 46.3 Å². The Morgan fingerprint density at radius 2 is 1.95 bits per heavy atom. The van der Waals surface area contributed by atoms with Crippen LogP contribution in [0.3, 0.4) is 0 Å². The fourth-order valence-electron chi connectivity index (χ4n) is 5.90. The van der Waals surface area contributed by atoms with Crippen molar-refractivity contribution in [3.8, 4) is 10.6 Å². The van der Waals surface area contributed by atoms with Gasteiger partial charge in [-0.2, -0.15) is 13.2 Å². The van der Waals surface area contributed by atoms with Gasteiger partial charge >= 0.3 is 6.18 Å². The fourth-order valence-corrected chi connectivity index (χ4v) is 8.22. The molecular formula is C30H33F3N6O2S2. The Bertz CT molecular complexity index is 1540. The van der Waals surface area contributed by atoms with Crippen molar-refractivity contribution in [2.75, 3.05) is 48.8 Å². The first-order chi connectivity index (χ1) is 20.7. The van der Waals surface area contributed by atoms with E-state index in [1.807, 2.05) is 6.07 Å². The topological polar surface area (TPSA) is 82.6 Å². The summed E-state index contributed by atoms with van der Waals surface area (Å²) in [6, 6.07) is 8.67. The van der Waals surface area contributed by atoms with Gasteiger partial charge in [0.15, 0.2) is 0 Å². The number of benzene rings is 1. The third-order valence-corrected chi connectivity index (χ3v) is 10.8. The van der Waals surface area contributed by atoms with Crippen molar-refractivity contribution < 1.29 is 22.7 Å². The SMILES string of the molecule is CC1CN(c2ccc(Nc3ncc(C(F)(F)F)c(-c4cc5c(s4)C(=O)N(C4COC4)CCS5)n3)c(C3CC3)c2)C(C)CN1. The maximum atomic E-state index is 14.2. The Morgan fingerprint density at radius 3 is 2.67 bits per heavy atom. The van der Waals surface area contributed by atoms with Gasteiger partial charge in [0.2, 0.25) is 5.95 Å². The predicted molar refractivity (Wildman–Crippen MR) is 163 cm³/mol. The van der Waals surface area contributed by atoms with E-state index in [1.165, 1.54) is 11.8 Å². The quantitative estimate of drug-likeness (QED) is 0.345. The number of halogens is 3. The molecule has 3 fully saturated rings. The molecule has 4 aliphatic rings. The van der Waals surface area contributed by atoms with Crippen LogP contribution in [0, 0.1) is 0 Å². The van der Waals surface area contributed by atoms with E-state index in [1.54, 1.807) is 11.0 Å². The van der Waals surface area contributed by atoms with E-state index in [0.29, 0.717) is 58.2 Å². The molecule has 13 heteroatoms. The summed E-state index contributed by atoms with van der Waals surface area (Å²) in [5.74, 6) is 0.997. The van der Waals surface area contributed by atoms with Crippen LogP contribution in [-0.2, 0) is 10.9 Å². The molecule has 228 valence electrons. The fraction of sp³-hybridized carbons (Fsp3) is 0.500. The second kappa shape index (κ2) is 11.2. The number of rotatable bonds is 6. The highest BCUT2D eigenvalue weighted by atomic mass is 32.2. The maximum absolute atomic E-state index is 14.2. The molecule has 0 spiro atoms. The van der Waals surface area contributed by atoms with Gasteiger partial charge < -0.3 is 25.2 Å². The van der Waals surface area contributed by atoms with Crippen molar-refractivity contribution in [1.29, 1.82) is 0 Å². The molecule has 0 radical (unpaired) electrons. The van der Waals surface area contributed by atoms with Gasteiger partial charge in [0.05, 0.1) is 29.8 Å². The number of anilines is 3. The minimum atomic E-state index is -4.65. The van der Waals surface area contributed by atoms with E-state index in [9.17, 15) is 18.0 Å². The van der Waals surface area contributed by atoms with Gasteiger partial charge in [0.1, 0.15) is 10.4 Å². The number of fused-ring (bicyclic) bond motifs is 1. The highest BCUT2D eigenvalue weighted by Gasteiger charge is 2.38. The minimum Gasteiger partial charge on any atom is -0.377 e. The number of thioether (sulfide) groups is 1. The number of nitrogens with one attached hydrogen (secondary N) is 2. The van der Waals surface area contributed by atoms with E-state index in [2.05, 4.69) is 51.5 Å². The first-order valence-corrected chi connectivity index (χ1v) is 16.5. The number of ether oxygens (including phenoxy) is 1. The molecule has 3 aliphatic heterocycles. The molecule has 5 heterocycles. The lowest BCUT2D eigenvalue weighted by atomic mass is 10.0. The number of nitrogens with zero attached hydrogens (tertiary/aromatic N) is 4. The summed E-state index contributed by atoms with van der Waals surface area (Å²) < 4.78 is 47.9. The number of hydrogen-bond donors (Lipinski definition) is 2. The Morgan fingerprint density at radius 1 is 1.14 bits per heavy atom. The monoisotopic (exact) mass is 630 g/mol. The van der Waals surface area contributed by atoms with Gasteiger partial charge in [-0.05, 0) is 62.4 Å². The number of hydrogen-bond acceptors (Lipinski definition) is 9. The first-order valence-electron chi connectivity index (χ1n) is 14.7. The van der Waals surface area contributed by atoms with Crippen molar-refractivity contribution in [3.05, 3.63) is 46.5 Å². The molecule has 2 unspecified atom stereocenters. The van der Waals surface area contributed by atoms with Crippen molar-refractivity contribution in [2.45, 2.75) is 61.8 Å².